The lowest BCUT2D eigenvalue weighted by atomic mass is 10.1. The van der Waals surface area contributed by atoms with Crippen molar-refractivity contribution in [3.63, 3.8) is 0 Å². The fraction of sp³-hybridized carbons (Fsp3) is 0.222. The molecule has 0 atom stereocenters. The summed E-state index contributed by atoms with van der Waals surface area (Å²) in [4.78, 5) is 23.8. The highest BCUT2D eigenvalue weighted by Gasteiger charge is 2.11. The molecule has 0 fully saturated rings. The Labute approximate surface area is 148 Å². The van der Waals surface area contributed by atoms with Gasteiger partial charge in [-0.25, -0.2) is 9.18 Å². The molecule has 0 unspecified atom stereocenters. The van der Waals surface area contributed by atoms with Crippen molar-refractivity contribution in [3.05, 3.63) is 69.4 Å². The number of carbonyl (C=O) groups is 1. The van der Waals surface area contributed by atoms with Crippen molar-refractivity contribution in [3.8, 4) is 0 Å². The van der Waals surface area contributed by atoms with E-state index >= 15 is 0 Å². The topological polar surface area (TPSA) is 64.2 Å². The van der Waals surface area contributed by atoms with E-state index in [1.54, 1.807) is 36.4 Å². The highest BCUT2D eigenvalue weighted by molar-refractivity contribution is 6.31. The lowest BCUT2D eigenvalue weighted by molar-refractivity contribution is -0.121. The molecule has 7 heteroatoms. The second-order valence-electron chi connectivity index (χ2n) is 5.57. The average molecular weight is 363 g/mol. The molecule has 0 aliphatic carbocycles. The molecular weight excluding hydrogens is 347 g/mol. The molecule has 1 aromatic heterocycles. The number of hydrogen-bond acceptors (Lipinski definition) is 3. The van der Waals surface area contributed by atoms with Crippen LogP contribution in [0.1, 0.15) is 12.0 Å². The van der Waals surface area contributed by atoms with Crippen LogP contribution >= 0.6 is 11.6 Å². The number of carbonyl (C=O) groups excluding carboxylic acids is 1. The first-order chi connectivity index (χ1) is 12.0. The van der Waals surface area contributed by atoms with E-state index in [2.05, 4.69) is 5.32 Å². The van der Waals surface area contributed by atoms with E-state index in [1.165, 1.54) is 10.6 Å². The van der Waals surface area contributed by atoms with Crippen LogP contribution in [0.5, 0.6) is 0 Å². The molecular formula is C18H16ClFN2O3. The highest BCUT2D eigenvalue weighted by Crippen LogP contribution is 2.18. The molecule has 2 aromatic carbocycles. The van der Waals surface area contributed by atoms with E-state index < -0.39 is 5.76 Å². The Morgan fingerprint density at radius 2 is 2.04 bits per heavy atom. The summed E-state index contributed by atoms with van der Waals surface area (Å²) in [6.07, 6.45) is 0.528. The zero-order valence-electron chi connectivity index (χ0n) is 13.3. The van der Waals surface area contributed by atoms with Crippen molar-refractivity contribution in [1.82, 2.24) is 9.88 Å². The van der Waals surface area contributed by atoms with Gasteiger partial charge in [-0.15, -0.1) is 0 Å². The lowest BCUT2D eigenvalue weighted by Gasteiger charge is -2.06. The molecule has 0 saturated carbocycles. The molecule has 1 N–H and O–H groups in total. The van der Waals surface area contributed by atoms with Gasteiger partial charge in [0.1, 0.15) is 5.82 Å². The second-order valence-corrected chi connectivity index (χ2v) is 6.01. The largest absolute Gasteiger partial charge is 0.419 e. The van der Waals surface area contributed by atoms with Crippen LogP contribution < -0.4 is 11.1 Å². The number of aryl methyl sites for hydroxylation is 1. The zero-order valence-corrected chi connectivity index (χ0v) is 14.1. The third kappa shape index (κ3) is 4.09. The van der Waals surface area contributed by atoms with E-state index in [0.29, 0.717) is 34.7 Å². The smallest absolute Gasteiger partial charge is 0.408 e. The molecule has 3 aromatic rings. The number of nitrogens with one attached hydrogen (secondary N) is 1. The second kappa shape index (κ2) is 7.53. The van der Waals surface area contributed by atoms with Gasteiger partial charge in [-0.2, -0.15) is 0 Å². The standard InChI is InChI=1S/C18H16ClFN2O3/c19-13-5-6-15-16(11-13)25-18(24)22(15)10-8-17(23)21-9-7-12-3-1-2-4-14(12)20/h1-6,11H,7-10H2,(H,21,23). The first kappa shape index (κ1) is 17.2. The van der Waals surface area contributed by atoms with E-state index in [9.17, 15) is 14.0 Å². The summed E-state index contributed by atoms with van der Waals surface area (Å²) in [6, 6.07) is 11.3. The number of aromatic nitrogens is 1. The summed E-state index contributed by atoms with van der Waals surface area (Å²) < 4.78 is 20.0. The predicted molar refractivity (Wildman–Crippen MR) is 93.2 cm³/mol. The minimum atomic E-state index is -0.531. The SMILES string of the molecule is O=C(CCn1c(=O)oc2cc(Cl)ccc21)NCCc1ccccc1F. The number of fused-ring (bicyclic) bond motifs is 1. The highest BCUT2D eigenvalue weighted by atomic mass is 35.5. The molecule has 1 amide bonds. The van der Waals surface area contributed by atoms with Gasteiger partial charge in [0, 0.05) is 30.6 Å². The Hall–Kier alpha value is -2.60. The first-order valence-corrected chi connectivity index (χ1v) is 8.21. The summed E-state index contributed by atoms with van der Waals surface area (Å²) >= 11 is 5.86. The fourth-order valence-electron chi connectivity index (χ4n) is 2.59. The minimum absolute atomic E-state index is 0.119. The molecule has 0 aliphatic heterocycles. The van der Waals surface area contributed by atoms with Crippen molar-refractivity contribution in [2.24, 2.45) is 0 Å². The summed E-state index contributed by atoms with van der Waals surface area (Å²) in [7, 11) is 0. The number of halogens is 2. The van der Waals surface area contributed by atoms with Gasteiger partial charge in [-0.3, -0.25) is 9.36 Å². The Morgan fingerprint density at radius 1 is 1.24 bits per heavy atom. The Morgan fingerprint density at radius 3 is 2.84 bits per heavy atom. The Balaban J connectivity index is 1.55. The van der Waals surface area contributed by atoms with Crippen molar-refractivity contribution < 1.29 is 13.6 Å². The van der Waals surface area contributed by atoms with Gasteiger partial charge in [-0.1, -0.05) is 29.8 Å². The normalized spacial score (nSPS) is 11.0. The third-order valence-electron chi connectivity index (χ3n) is 3.87. The molecule has 1 heterocycles. The fourth-order valence-corrected chi connectivity index (χ4v) is 2.75. The van der Waals surface area contributed by atoms with Gasteiger partial charge in [0.25, 0.3) is 0 Å². The van der Waals surface area contributed by atoms with Gasteiger partial charge < -0.3 is 9.73 Å². The molecule has 0 radical (unpaired) electrons. The van der Waals surface area contributed by atoms with Crippen LogP contribution in [0.4, 0.5) is 4.39 Å². The van der Waals surface area contributed by atoms with E-state index in [0.717, 1.165) is 0 Å². The maximum absolute atomic E-state index is 13.5. The van der Waals surface area contributed by atoms with Crippen molar-refractivity contribution >= 4 is 28.6 Å². The van der Waals surface area contributed by atoms with Crippen LogP contribution in [0.15, 0.2) is 51.7 Å². The average Bonchev–Trinajstić information content (AvgIpc) is 2.89. The number of oxazole rings is 1. The summed E-state index contributed by atoms with van der Waals surface area (Å²) in [6.45, 7) is 0.523. The third-order valence-corrected chi connectivity index (χ3v) is 4.10. The number of benzene rings is 2. The molecule has 5 nitrogen and oxygen atoms in total. The Kier molecular flexibility index (Phi) is 5.19. The maximum atomic E-state index is 13.5. The predicted octanol–water partition coefficient (Wildman–Crippen LogP) is 3.14. The number of amides is 1. The zero-order chi connectivity index (χ0) is 17.8. The van der Waals surface area contributed by atoms with E-state index in [-0.39, 0.29) is 24.7 Å². The van der Waals surface area contributed by atoms with Crippen LogP contribution in [0.3, 0.4) is 0 Å². The van der Waals surface area contributed by atoms with Crippen LogP contribution in [-0.2, 0) is 17.8 Å². The van der Waals surface area contributed by atoms with Gasteiger partial charge in [-0.05, 0) is 30.2 Å². The van der Waals surface area contributed by atoms with Crippen molar-refractivity contribution in [1.29, 1.82) is 0 Å². The van der Waals surface area contributed by atoms with Crippen LogP contribution in [0.2, 0.25) is 5.02 Å². The molecule has 0 saturated heterocycles. The molecule has 0 spiro atoms. The summed E-state index contributed by atoms with van der Waals surface area (Å²) in [5.74, 6) is -1.03. The lowest BCUT2D eigenvalue weighted by Crippen LogP contribution is -2.28. The minimum Gasteiger partial charge on any atom is -0.408 e. The van der Waals surface area contributed by atoms with E-state index in [1.807, 2.05) is 0 Å². The summed E-state index contributed by atoms with van der Waals surface area (Å²) in [5.41, 5.74) is 1.53. The number of nitrogens with zero attached hydrogens (tertiary/aromatic N) is 1. The van der Waals surface area contributed by atoms with E-state index in [4.69, 9.17) is 16.0 Å². The number of rotatable bonds is 6. The Bertz CT molecular complexity index is 964. The summed E-state index contributed by atoms with van der Waals surface area (Å²) in [5, 5.41) is 3.20. The number of hydrogen-bond donors (Lipinski definition) is 1. The first-order valence-electron chi connectivity index (χ1n) is 7.83. The maximum Gasteiger partial charge on any atom is 0.419 e. The molecule has 0 bridgehead atoms. The van der Waals surface area contributed by atoms with Crippen molar-refractivity contribution in [2.45, 2.75) is 19.4 Å². The van der Waals surface area contributed by atoms with Gasteiger partial charge in [0.2, 0.25) is 5.91 Å². The van der Waals surface area contributed by atoms with Gasteiger partial charge in [0.05, 0.1) is 5.52 Å². The molecule has 3 rings (SSSR count). The molecule has 130 valence electrons. The monoisotopic (exact) mass is 362 g/mol. The molecule has 25 heavy (non-hydrogen) atoms. The van der Waals surface area contributed by atoms with Crippen LogP contribution in [-0.4, -0.2) is 17.0 Å². The van der Waals surface area contributed by atoms with Gasteiger partial charge >= 0.3 is 5.76 Å². The van der Waals surface area contributed by atoms with Crippen LogP contribution in [0.25, 0.3) is 11.1 Å². The quantitative estimate of drug-likeness (QED) is 0.732. The molecule has 0 aliphatic rings. The van der Waals surface area contributed by atoms with Crippen LogP contribution in [0, 0.1) is 5.82 Å². The van der Waals surface area contributed by atoms with Crippen molar-refractivity contribution in [2.75, 3.05) is 6.54 Å². The van der Waals surface area contributed by atoms with Gasteiger partial charge in [0.15, 0.2) is 5.58 Å².